The quantitative estimate of drug-likeness (QED) is 0.629. The smallest absolute Gasteiger partial charge is 0.195 e. The van der Waals surface area contributed by atoms with Crippen molar-refractivity contribution in [1.29, 1.82) is 0 Å². The van der Waals surface area contributed by atoms with E-state index < -0.39 is 6.29 Å². The van der Waals surface area contributed by atoms with Gasteiger partial charge >= 0.3 is 0 Å². The van der Waals surface area contributed by atoms with Crippen molar-refractivity contribution in [3.05, 3.63) is 35.4 Å². The summed E-state index contributed by atoms with van der Waals surface area (Å²) in [6.07, 6.45) is -0.496. The number of ether oxygens (including phenoxy) is 1. The fourth-order valence-corrected chi connectivity index (χ4v) is 1.11. The van der Waals surface area contributed by atoms with E-state index in [4.69, 9.17) is 0 Å². The van der Waals surface area contributed by atoms with Gasteiger partial charge in [-0.15, -0.1) is 0 Å². The van der Waals surface area contributed by atoms with Crippen LogP contribution in [0.25, 0.3) is 0 Å². The highest BCUT2D eigenvalue weighted by Gasteiger charge is 2.04. The van der Waals surface area contributed by atoms with Crippen LogP contribution in [-0.4, -0.2) is 13.4 Å². The molecule has 1 aromatic rings. The summed E-state index contributed by atoms with van der Waals surface area (Å²) in [5.74, 6) is 0. The SMILES string of the molecule is COC([O])Cc1cccc(C)c1. The van der Waals surface area contributed by atoms with Crippen LogP contribution in [0.3, 0.4) is 0 Å². The molecule has 2 heteroatoms. The topological polar surface area (TPSA) is 29.1 Å². The van der Waals surface area contributed by atoms with Crippen molar-refractivity contribution in [2.45, 2.75) is 19.6 Å². The maximum Gasteiger partial charge on any atom is 0.195 e. The highest BCUT2D eigenvalue weighted by Crippen LogP contribution is 2.06. The summed E-state index contributed by atoms with van der Waals surface area (Å²) in [6.45, 7) is 2.01. The second-order valence-corrected chi connectivity index (χ2v) is 2.86. The van der Waals surface area contributed by atoms with Crippen LogP contribution in [0.2, 0.25) is 0 Å². The fraction of sp³-hybridized carbons (Fsp3) is 0.400. The molecule has 0 aliphatic heterocycles. The lowest BCUT2D eigenvalue weighted by molar-refractivity contribution is -0.117. The molecule has 1 radical (unpaired) electrons. The van der Waals surface area contributed by atoms with E-state index in [1.807, 2.05) is 31.2 Å². The molecular formula is C10H13O2. The van der Waals surface area contributed by atoms with E-state index in [1.165, 1.54) is 12.7 Å². The van der Waals surface area contributed by atoms with Crippen molar-refractivity contribution >= 4 is 0 Å². The summed E-state index contributed by atoms with van der Waals surface area (Å²) in [5, 5.41) is 11.0. The molecule has 0 saturated heterocycles. The molecule has 0 fully saturated rings. The summed E-state index contributed by atoms with van der Waals surface area (Å²) < 4.78 is 4.64. The van der Waals surface area contributed by atoms with Crippen molar-refractivity contribution in [2.24, 2.45) is 0 Å². The predicted octanol–water partition coefficient (Wildman–Crippen LogP) is 1.94. The number of rotatable bonds is 3. The highest BCUT2D eigenvalue weighted by atomic mass is 16.6. The van der Waals surface area contributed by atoms with E-state index in [2.05, 4.69) is 4.74 Å². The number of methoxy groups -OCH3 is 1. The van der Waals surface area contributed by atoms with E-state index in [0.29, 0.717) is 6.42 Å². The van der Waals surface area contributed by atoms with Crippen LogP contribution in [0.4, 0.5) is 0 Å². The summed E-state index contributed by atoms with van der Waals surface area (Å²) in [7, 11) is 1.44. The molecule has 1 unspecified atom stereocenters. The van der Waals surface area contributed by atoms with Crippen LogP contribution < -0.4 is 0 Å². The molecule has 0 saturated carbocycles. The second kappa shape index (κ2) is 4.24. The zero-order chi connectivity index (χ0) is 8.97. The van der Waals surface area contributed by atoms with Gasteiger partial charge in [0.15, 0.2) is 6.29 Å². The Hall–Kier alpha value is -0.860. The van der Waals surface area contributed by atoms with Crippen LogP contribution in [0.5, 0.6) is 0 Å². The molecule has 0 aromatic heterocycles. The highest BCUT2D eigenvalue weighted by molar-refractivity contribution is 5.22. The van der Waals surface area contributed by atoms with Gasteiger partial charge in [0.2, 0.25) is 0 Å². The third-order valence-corrected chi connectivity index (χ3v) is 1.75. The molecule has 0 spiro atoms. The molecule has 1 rings (SSSR count). The first-order valence-corrected chi connectivity index (χ1v) is 3.96. The minimum atomic E-state index is -0.938. The van der Waals surface area contributed by atoms with Crippen molar-refractivity contribution in [3.63, 3.8) is 0 Å². The van der Waals surface area contributed by atoms with Gasteiger partial charge in [0.1, 0.15) is 0 Å². The summed E-state index contributed by atoms with van der Waals surface area (Å²) in [4.78, 5) is 0. The first-order chi connectivity index (χ1) is 5.72. The van der Waals surface area contributed by atoms with Crippen LogP contribution >= 0.6 is 0 Å². The molecule has 0 aliphatic rings. The molecule has 12 heavy (non-hydrogen) atoms. The second-order valence-electron chi connectivity index (χ2n) is 2.86. The zero-order valence-electron chi connectivity index (χ0n) is 7.41. The number of hydrogen-bond acceptors (Lipinski definition) is 1. The van der Waals surface area contributed by atoms with Crippen LogP contribution in [0.1, 0.15) is 11.1 Å². The standard InChI is InChI=1S/C10H13O2/c1-8-4-3-5-9(6-8)7-10(11)12-2/h3-6,10H,7H2,1-2H3. The number of aryl methyl sites for hydroxylation is 1. The monoisotopic (exact) mass is 165 g/mol. The maximum atomic E-state index is 11.0. The van der Waals surface area contributed by atoms with Gasteiger partial charge in [-0.1, -0.05) is 29.8 Å². The maximum absolute atomic E-state index is 11.0. The van der Waals surface area contributed by atoms with Gasteiger partial charge in [-0.25, -0.2) is 5.11 Å². The van der Waals surface area contributed by atoms with Gasteiger partial charge < -0.3 is 4.74 Å². The number of benzene rings is 1. The van der Waals surface area contributed by atoms with Gasteiger partial charge in [-0.2, -0.15) is 0 Å². The Morgan fingerprint density at radius 3 is 2.83 bits per heavy atom. The largest absolute Gasteiger partial charge is 0.353 e. The summed E-state index contributed by atoms with van der Waals surface area (Å²) in [5.41, 5.74) is 2.22. The van der Waals surface area contributed by atoms with E-state index >= 15 is 0 Å². The van der Waals surface area contributed by atoms with E-state index in [1.54, 1.807) is 0 Å². The average molecular weight is 165 g/mol. The normalized spacial score (nSPS) is 12.9. The molecule has 0 amide bonds. The van der Waals surface area contributed by atoms with E-state index in [0.717, 1.165) is 5.56 Å². The molecule has 0 N–H and O–H groups in total. The lowest BCUT2D eigenvalue weighted by Gasteiger charge is -2.06. The lowest BCUT2D eigenvalue weighted by Crippen LogP contribution is -2.10. The molecule has 0 bridgehead atoms. The molecule has 2 nitrogen and oxygen atoms in total. The minimum absolute atomic E-state index is 0.443. The lowest BCUT2D eigenvalue weighted by atomic mass is 10.1. The van der Waals surface area contributed by atoms with Gasteiger partial charge in [-0.05, 0) is 12.5 Å². The predicted molar refractivity (Wildman–Crippen MR) is 46.4 cm³/mol. The Bertz CT molecular complexity index is 245. The Morgan fingerprint density at radius 2 is 2.25 bits per heavy atom. The van der Waals surface area contributed by atoms with Gasteiger partial charge in [0, 0.05) is 13.5 Å². The molecule has 1 aromatic carbocycles. The zero-order valence-corrected chi connectivity index (χ0v) is 7.41. The first-order valence-electron chi connectivity index (χ1n) is 3.96. The first kappa shape index (κ1) is 9.23. The molecule has 0 aliphatic carbocycles. The van der Waals surface area contributed by atoms with Crippen molar-refractivity contribution < 1.29 is 9.84 Å². The summed E-state index contributed by atoms with van der Waals surface area (Å²) in [6, 6.07) is 7.91. The van der Waals surface area contributed by atoms with Crippen molar-refractivity contribution in [3.8, 4) is 0 Å². The minimum Gasteiger partial charge on any atom is -0.353 e. The van der Waals surface area contributed by atoms with E-state index in [9.17, 15) is 5.11 Å². The molecule has 0 heterocycles. The third-order valence-electron chi connectivity index (χ3n) is 1.75. The van der Waals surface area contributed by atoms with Crippen molar-refractivity contribution in [2.75, 3.05) is 7.11 Å². The average Bonchev–Trinajstić information content (AvgIpc) is 2.04. The van der Waals surface area contributed by atoms with Gasteiger partial charge in [0.25, 0.3) is 0 Å². The number of hydrogen-bond donors (Lipinski definition) is 0. The summed E-state index contributed by atoms with van der Waals surface area (Å²) >= 11 is 0. The Morgan fingerprint density at radius 1 is 1.50 bits per heavy atom. The van der Waals surface area contributed by atoms with E-state index in [-0.39, 0.29) is 0 Å². The van der Waals surface area contributed by atoms with Crippen LogP contribution in [-0.2, 0) is 16.3 Å². The van der Waals surface area contributed by atoms with Gasteiger partial charge in [-0.3, -0.25) is 0 Å². The fourth-order valence-electron chi connectivity index (χ4n) is 1.11. The van der Waals surface area contributed by atoms with Crippen LogP contribution in [0.15, 0.2) is 24.3 Å². The Labute approximate surface area is 72.8 Å². The molecular weight excluding hydrogens is 152 g/mol. The molecule has 65 valence electrons. The third kappa shape index (κ3) is 2.64. The Kier molecular flexibility index (Phi) is 3.26. The van der Waals surface area contributed by atoms with Gasteiger partial charge in [0.05, 0.1) is 0 Å². The van der Waals surface area contributed by atoms with Crippen LogP contribution in [0, 0.1) is 6.92 Å². The van der Waals surface area contributed by atoms with Crippen molar-refractivity contribution in [1.82, 2.24) is 0 Å². The Balaban J connectivity index is 2.63. The molecule has 1 atom stereocenters.